The van der Waals surface area contributed by atoms with E-state index in [0.29, 0.717) is 22.3 Å². The third-order valence-electron chi connectivity index (χ3n) is 4.45. The van der Waals surface area contributed by atoms with Gasteiger partial charge in [0.1, 0.15) is 5.82 Å². The van der Waals surface area contributed by atoms with Gasteiger partial charge in [-0.15, -0.1) is 10.2 Å². The lowest BCUT2D eigenvalue weighted by molar-refractivity contribution is -0.115. The third-order valence-corrected chi connectivity index (χ3v) is 5.50. The van der Waals surface area contributed by atoms with Crippen LogP contribution in [0.2, 0.25) is 0 Å². The van der Waals surface area contributed by atoms with Crippen molar-refractivity contribution in [1.29, 1.82) is 0 Å². The van der Waals surface area contributed by atoms with E-state index in [4.69, 9.17) is 9.47 Å². The maximum absolute atomic E-state index is 12.7. The van der Waals surface area contributed by atoms with E-state index in [0.717, 1.165) is 17.1 Å². The van der Waals surface area contributed by atoms with Crippen LogP contribution in [0.4, 0.5) is 5.69 Å². The number of carbonyl (C=O) groups is 1. The highest BCUT2D eigenvalue weighted by Gasteiger charge is 2.21. The van der Waals surface area contributed by atoms with Crippen LogP contribution in [-0.4, -0.2) is 40.1 Å². The van der Waals surface area contributed by atoms with Crippen LogP contribution in [0.25, 0.3) is 5.69 Å². The quantitative estimate of drug-likeness (QED) is 0.591. The van der Waals surface area contributed by atoms with Crippen LogP contribution in [0.3, 0.4) is 0 Å². The van der Waals surface area contributed by atoms with Gasteiger partial charge >= 0.3 is 0 Å². The molecule has 0 spiro atoms. The molecule has 3 aromatic rings. The van der Waals surface area contributed by atoms with E-state index < -0.39 is 0 Å². The summed E-state index contributed by atoms with van der Waals surface area (Å²) in [5.41, 5.74) is 2.75. The molecule has 7 nitrogen and oxygen atoms in total. The van der Waals surface area contributed by atoms with Gasteiger partial charge in [0.15, 0.2) is 16.7 Å². The summed E-state index contributed by atoms with van der Waals surface area (Å²) in [4.78, 5) is 12.7. The lowest BCUT2D eigenvalue weighted by Crippen LogP contribution is -2.23. The highest BCUT2D eigenvalue weighted by atomic mass is 32.2. The SMILES string of the molecule is COc1ccc(NC(=O)C(C)Sc2nnc(C)n2-c2ccccc2C)cc1OC. The van der Waals surface area contributed by atoms with Crippen molar-refractivity contribution in [3.8, 4) is 17.2 Å². The molecular weight excluding hydrogens is 388 g/mol. The number of amides is 1. The molecular formula is C21H24N4O3S. The predicted octanol–water partition coefficient (Wildman–Crippen LogP) is 4.02. The van der Waals surface area contributed by atoms with Gasteiger partial charge in [0.25, 0.3) is 0 Å². The summed E-state index contributed by atoms with van der Waals surface area (Å²) in [5, 5.41) is 11.7. The van der Waals surface area contributed by atoms with Crippen LogP contribution in [0.1, 0.15) is 18.3 Å². The molecule has 3 rings (SSSR count). The Labute approximate surface area is 174 Å². The summed E-state index contributed by atoms with van der Waals surface area (Å²) in [7, 11) is 3.13. The van der Waals surface area contributed by atoms with Crippen molar-refractivity contribution in [1.82, 2.24) is 14.8 Å². The summed E-state index contributed by atoms with van der Waals surface area (Å²) in [5.74, 6) is 1.80. The van der Waals surface area contributed by atoms with E-state index in [1.807, 2.05) is 49.6 Å². The summed E-state index contributed by atoms with van der Waals surface area (Å²) in [6.45, 7) is 5.78. The first-order valence-corrected chi connectivity index (χ1v) is 10.00. The van der Waals surface area contributed by atoms with E-state index in [1.54, 1.807) is 32.4 Å². The number of ether oxygens (including phenoxy) is 2. The van der Waals surface area contributed by atoms with Crippen molar-refractivity contribution >= 4 is 23.4 Å². The molecule has 8 heteroatoms. The molecule has 1 aromatic heterocycles. The molecule has 2 aromatic carbocycles. The van der Waals surface area contributed by atoms with Gasteiger partial charge in [-0.05, 0) is 44.5 Å². The average Bonchev–Trinajstić information content (AvgIpc) is 3.08. The number of aromatic nitrogens is 3. The number of anilines is 1. The van der Waals surface area contributed by atoms with Gasteiger partial charge in [-0.2, -0.15) is 0 Å². The predicted molar refractivity (Wildman–Crippen MR) is 114 cm³/mol. The Bertz CT molecular complexity index is 1020. The molecule has 1 amide bonds. The van der Waals surface area contributed by atoms with Crippen molar-refractivity contribution in [2.45, 2.75) is 31.2 Å². The Balaban J connectivity index is 1.77. The van der Waals surface area contributed by atoms with Crippen LogP contribution >= 0.6 is 11.8 Å². The zero-order chi connectivity index (χ0) is 21.0. The van der Waals surface area contributed by atoms with E-state index in [1.165, 1.54) is 11.8 Å². The molecule has 29 heavy (non-hydrogen) atoms. The van der Waals surface area contributed by atoms with Crippen LogP contribution in [-0.2, 0) is 4.79 Å². The van der Waals surface area contributed by atoms with E-state index >= 15 is 0 Å². The molecule has 1 N–H and O–H groups in total. The maximum atomic E-state index is 12.7. The third kappa shape index (κ3) is 4.54. The van der Waals surface area contributed by atoms with Crippen molar-refractivity contribution in [2.24, 2.45) is 0 Å². The first kappa shape index (κ1) is 20.7. The average molecular weight is 413 g/mol. The van der Waals surface area contributed by atoms with E-state index in [2.05, 4.69) is 15.5 Å². The zero-order valence-electron chi connectivity index (χ0n) is 17.1. The van der Waals surface area contributed by atoms with Gasteiger partial charge in [-0.1, -0.05) is 30.0 Å². The Morgan fingerprint density at radius 2 is 1.79 bits per heavy atom. The number of benzene rings is 2. The van der Waals surface area contributed by atoms with Gasteiger partial charge in [0, 0.05) is 11.8 Å². The Morgan fingerprint density at radius 1 is 1.07 bits per heavy atom. The number of rotatable bonds is 7. The second kappa shape index (κ2) is 9.00. The summed E-state index contributed by atoms with van der Waals surface area (Å²) >= 11 is 1.36. The molecule has 1 heterocycles. The van der Waals surface area contributed by atoms with Crippen molar-refractivity contribution in [3.63, 3.8) is 0 Å². The van der Waals surface area contributed by atoms with E-state index in [9.17, 15) is 4.79 Å². The number of methoxy groups -OCH3 is 2. The monoisotopic (exact) mass is 412 g/mol. The summed E-state index contributed by atoms with van der Waals surface area (Å²) in [6.07, 6.45) is 0. The number of thioether (sulfide) groups is 1. The molecule has 1 atom stereocenters. The molecule has 0 saturated heterocycles. The van der Waals surface area contributed by atoms with Gasteiger partial charge in [-0.3, -0.25) is 9.36 Å². The number of nitrogens with one attached hydrogen (secondary N) is 1. The van der Waals surface area contributed by atoms with Crippen molar-refractivity contribution < 1.29 is 14.3 Å². The second-order valence-corrected chi connectivity index (χ2v) is 7.78. The molecule has 0 radical (unpaired) electrons. The Morgan fingerprint density at radius 3 is 2.48 bits per heavy atom. The van der Waals surface area contributed by atoms with E-state index in [-0.39, 0.29) is 11.2 Å². The van der Waals surface area contributed by atoms with Crippen molar-refractivity contribution in [2.75, 3.05) is 19.5 Å². The normalized spacial score (nSPS) is 11.8. The number of hydrogen-bond donors (Lipinski definition) is 1. The first-order chi connectivity index (χ1) is 13.9. The highest BCUT2D eigenvalue weighted by Crippen LogP contribution is 2.31. The summed E-state index contributed by atoms with van der Waals surface area (Å²) in [6, 6.07) is 13.3. The minimum absolute atomic E-state index is 0.140. The fraction of sp³-hybridized carbons (Fsp3) is 0.286. The van der Waals surface area contributed by atoms with Crippen LogP contribution in [0.5, 0.6) is 11.5 Å². The molecule has 1 unspecified atom stereocenters. The van der Waals surface area contributed by atoms with Crippen LogP contribution < -0.4 is 14.8 Å². The molecule has 0 saturated carbocycles. The number of hydrogen-bond acceptors (Lipinski definition) is 6. The molecule has 0 fully saturated rings. The van der Waals surface area contributed by atoms with Gasteiger partial charge in [0.05, 0.1) is 25.2 Å². The lowest BCUT2D eigenvalue weighted by atomic mass is 10.2. The lowest BCUT2D eigenvalue weighted by Gasteiger charge is -2.15. The second-order valence-electron chi connectivity index (χ2n) is 6.47. The fourth-order valence-corrected chi connectivity index (χ4v) is 3.79. The van der Waals surface area contributed by atoms with Crippen LogP contribution in [0, 0.1) is 13.8 Å². The standard InChI is InChI=1S/C21H24N4O3S/c1-13-8-6-7-9-17(13)25-15(3)23-24-21(25)29-14(2)20(26)22-16-10-11-18(27-4)19(12-16)28-5/h6-12,14H,1-5H3,(H,22,26). The highest BCUT2D eigenvalue weighted by molar-refractivity contribution is 8.00. The maximum Gasteiger partial charge on any atom is 0.237 e. The van der Waals surface area contributed by atoms with Gasteiger partial charge in [0.2, 0.25) is 5.91 Å². The Hall–Kier alpha value is -3.00. The molecule has 0 aliphatic rings. The molecule has 0 bridgehead atoms. The fourth-order valence-electron chi connectivity index (χ4n) is 2.88. The van der Waals surface area contributed by atoms with Crippen molar-refractivity contribution in [3.05, 3.63) is 53.9 Å². The van der Waals surface area contributed by atoms with Gasteiger partial charge in [-0.25, -0.2) is 0 Å². The largest absolute Gasteiger partial charge is 0.493 e. The topological polar surface area (TPSA) is 78.3 Å². The number of nitrogens with zero attached hydrogens (tertiary/aromatic N) is 3. The minimum Gasteiger partial charge on any atom is -0.493 e. The minimum atomic E-state index is -0.380. The zero-order valence-corrected chi connectivity index (χ0v) is 17.9. The first-order valence-electron chi connectivity index (χ1n) is 9.12. The summed E-state index contributed by atoms with van der Waals surface area (Å²) < 4.78 is 12.5. The smallest absolute Gasteiger partial charge is 0.237 e. The molecule has 0 aliphatic carbocycles. The molecule has 152 valence electrons. The number of para-hydroxylation sites is 1. The van der Waals surface area contributed by atoms with Crippen LogP contribution in [0.15, 0.2) is 47.6 Å². The van der Waals surface area contributed by atoms with Gasteiger partial charge < -0.3 is 14.8 Å². The Kier molecular flexibility index (Phi) is 6.43. The number of carbonyl (C=O) groups excluding carboxylic acids is 1. The molecule has 0 aliphatic heterocycles. The number of aryl methyl sites for hydroxylation is 2.